The molecule has 0 spiro atoms. The molecule has 0 aromatic carbocycles. The minimum Gasteiger partial charge on any atom is -0.480 e. The average molecular weight is 282 g/mol. The number of piperidine rings is 2. The van der Waals surface area contributed by atoms with E-state index in [1.54, 1.807) is 4.90 Å². The molecule has 2 rings (SSSR count). The Morgan fingerprint density at radius 3 is 2.30 bits per heavy atom. The molecule has 0 saturated carbocycles. The summed E-state index contributed by atoms with van der Waals surface area (Å²) in [7, 11) is 0. The number of hydrogen-bond acceptors (Lipinski definition) is 2. The molecule has 0 radical (unpaired) electrons. The summed E-state index contributed by atoms with van der Waals surface area (Å²) in [5.41, 5.74) is 0.290. The van der Waals surface area contributed by atoms with Crippen molar-refractivity contribution in [3.05, 3.63) is 0 Å². The van der Waals surface area contributed by atoms with Gasteiger partial charge in [0.2, 0.25) is 0 Å². The number of nitrogens with zero attached hydrogens (tertiary/aromatic N) is 2. The number of carbonyl (C=O) groups is 2. The van der Waals surface area contributed by atoms with Crippen LogP contribution in [0, 0.1) is 11.3 Å². The third-order valence-electron chi connectivity index (χ3n) is 4.82. The number of rotatable bonds is 1. The molecule has 0 aliphatic carbocycles. The van der Waals surface area contributed by atoms with Crippen LogP contribution in [-0.2, 0) is 4.79 Å². The summed E-state index contributed by atoms with van der Waals surface area (Å²) in [5.74, 6) is -0.839. The van der Waals surface area contributed by atoms with Crippen molar-refractivity contribution < 1.29 is 14.7 Å². The number of carbonyl (C=O) groups excluding carboxylic acids is 1. The van der Waals surface area contributed by atoms with Crippen LogP contribution >= 0.6 is 0 Å². The van der Waals surface area contributed by atoms with E-state index in [0.717, 1.165) is 38.8 Å². The van der Waals surface area contributed by atoms with Gasteiger partial charge in [-0.05, 0) is 37.0 Å². The zero-order chi connectivity index (χ0) is 14.9. The lowest BCUT2D eigenvalue weighted by Crippen LogP contribution is -2.57. The fourth-order valence-corrected chi connectivity index (χ4v) is 3.26. The summed E-state index contributed by atoms with van der Waals surface area (Å²) in [6.45, 7) is 8.42. The van der Waals surface area contributed by atoms with E-state index in [2.05, 4.69) is 13.8 Å². The molecule has 1 N–H and O–H groups in total. The molecule has 2 heterocycles. The fraction of sp³-hybridized carbons (Fsp3) is 0.867. The highest BCUT2D eigenvalue weighted by Gasteiger charge is 2.39. The normalized spacial score (nSPS) is 30.1. The zero-order valence-electron chi connectivity index (χ0n) is 12.8. The number of likely N-dealkylation sites (tertiary alicyclic amines) is 2. The molecule has 0 aromatic heterocycles. The van der Waals surface area contributed by atoms with Gasteiger partial charge in [0.15, 0.2) is 0 Å². The van der Waals surface area contributed by atoms with Crippen molar-refractivity contribution >= 4 is 12.0 Å². The molecule has 2 aliphatic heterocycles. The maximum Gasteiger partial charge on any atom is 0.326 e. The van der Waals surface area contributed by atoms with E-state index in [-0.39, 0.29) is 17.4 Å². The van der Waals surface area contributed by atoms with Crippen molar-refractivity contribution in [3.8, 4) is 0 Å². The van der Waals surface area contributed by atoms with E-state index in [9.17, 15) is 14.7 Å². The Labute approximate surface area is 120 Å². The number of hydrogen-bond donors (Lipinski definition) is 1. The molecule has 2 atom stereocenters. The highest BCUT2D eigenvalue weighted by molar-refractivity contribution is 5.83. The van der Waals surface area contributed by atoms with Crippen LogP contribution in [0.3, 0.4) is 0 Å². The Kier molecular flexibility index (Phi) is 4.25. The van der Waals surface area contributed by atoms with Gasteiger partial charge in [0.25, 0.3) is 0 Å². The molecular formula is C15H26N2O3. The first kappa shape index (κ1) is 15.1. The molecule has 2 unspecified atom stereocenters. The van der Waals surface area contributed by atoms with Gasteiger partial charge in [0, 0.05) is 19.6 Å². The van der Waals surface area contributed by atoms with Crippen LogP contribution in [0.4, 0.5) is 4.79 Å². The monoisotopic (exact) mass is 282 g/mol. The topological polar surface area (TPSA) is 60.9 Å². The molecule has 2 saturated heterocycles. The van der Waals surface area contributed by atoms with Crippen LogP contribution in [0.5, 0.6) is 0 Å². The van der Waals surface area contributed by atoms with E-state index >= 15 is 0 Å². The first-order valence-electron chi connectivity index (χ1n) is 7.60. The number of aliphatic carboxylic acids is 1. The second-order valence-corrected chi connectivity index (χ2v) is 7.03. The molecular weight excluding hydrogens is 256 g/mol. The van der Waals surface area contributed by atoms with Gasteiger partial charge in [0.1, 0.15) is 6.04 Å². The smallest absolute Gasteiger partial charge is 0.326 e. The number of amides is 2. The van der Waals surface area contributed by atoms with Crippen molar-refractivity contribution in [1.82, 2.24) is 9.80 Å². The molecule has 2 fully saturated rings. The predicted octanol–water partition coefficient (Wildman–Crippen LogP) is 2.41. The first-order valence-corrected chi connectivity index (χ1v) is 7.60. The standard InChI is InChI=1S/C15H26N2O3/c1-11-5-4-8-17(12(11)13(18)19)14(20)16-9-6-15(2,3)7-10-16/h11-12H,4-10H2,1-3H3,(H,18,19). The third-order valence-corrected chi connectivity index (χ3v) is 4.82. The zero-order valence-corrected chi connectivity index (χ0v) is 12.8. The van der Waals surface area contributed by atoms with Crippen molar-refractivity contribution in [2.24, 2.45) is 11.3 Å². The van der Waals surface area contributed by atoms with E-state index in [1.807, 2.05) is 11.8 Å². The lowest BCUT2D eigenvalue weighted by Gasteiger charge is -2.43. The van der Waals surface area contributed by atoms with E-state index < -0.39 is 12.0 Å². The lowest BCUT2D eigenvalue weighted by molar-refractivity contribution is -0.145. The molecule has 0 bridgehead atoms. The van der Waals surface area contributed by atoms with E-state index in [1.165, 1.54) is 0 Å². The second kappa shape index (κ2) is 5.62. The molecule has 114 valence electrons. The Morgan fingerprint density at radius 1 is 1.15 bits per heavy atom. The van der Waals surface area contributed by atoms with Gasteiger partial charge in [-0.15, -0.1) is 0 Å². The molecule has 0 aromatic rings. The minimum absolute atomic E-state index is 0.0337. The number of urea groups is 1. The summed E-state index contributed by atoms with van der Waals surface area (Å²) in [4.78, 5) is 27.5. The average Bonchev–Trinajstić information content (AvgIpc) is 2.37. The predicted molar refractivity (Wildman–Crippen MR) is 76.5 cm³/mol. The molecule has 2 amide bonds. The molecule has 5 heteroatoms. The third kappa shape index (κ3) is 3.07. The van der Waals surface area contributed by atoms with Gasteiger partial charge < -0.3 is 14.9 Å². The second-order valence-electron chi connectivity index (χ2n) is 7.03. The summed E-state index contributed by atoms with van der Waals surface area (Å²) in [6.07, 6.45) is 3.75. The van der Waals surface area contributed by atoms with E-state index in [0.29, 0.717) is 6.54 Å². The summed E-state index contributed by atoms with van der Waals surface area (Å²) < 4.78 is 0. The Bertz CT molecular complexity index is 385. The largest absolute Gasteiger partial charge is 0.480 e. The van der Waals surface area contributed by atoms with Crippen LogP contribution in [0.1, 0.15) is 46.5 Å². The van der Waals surface area contributed by atoms with Crippen LogP contribution in [0.15, 0.2) is 0 Å². The minimum atomic E-state index is -0.872. The lowest BCUT2D eigenvalue weighted by atomic mass is 9.82. The molecule has 2 aliphatic rings. The summed E-state index contributed by atoms with van der Waals surface area (Å²) in [5, 5.41) is 9.40. The van der Waals surface area contributed by atoms with Crippen molar-refractivity contribution in [3.63, 3.8) is 0 Å². The van der Waals surface area contributed by atoms with Crippen molar-refractivity contribution in [1.29, 1.82) is 0 Å². The van der Waals surface area contributed by atoms with Gasteiger partial charge in [-0.25, -0.2) is 9.59 Å². The van der Waals surface area contributed by atoms with Crippen LogP contribution in [0.25, 0.3) is 0 Å². The highest BCUT2D eigenvalue weighted by atomic mass is 16.4. The maximum atomic E-state index is 12.6. The highest BCUT2D eigenvalue weighted by Crippen LogP contribution is 2.31. The Balaban J connectivity index is 2.05. The Hall–Kier alpha value is -1.26. The van der Waals surface area contributed by atoms with Gasteiger partial charge >= 0.3 is 12.0 Å². The fourth-order valence-electron chi connectivity index (χ4n) is 3.26. The number of carboxylic acids is 1. The summed E-state index contributed by atoms with van der Waals surface area (Å²) in [6, 6.07) is -0.745. The van der Waals surface area contributed by atoms with E-state index in [4.69, 9.17) is 0 Å². The maximum absolute atomic E-state index is 12.6. The van der Waals surface area contributed by atoms with Gasteiger partial charge in [-0.3, -0.25) is 0 Å². The molecule has 20 heavy (non-hydrogen) atoms. The SMILES string of the molecule is CC1CCCN(C(=O)N2CCC(C)(C)CC2)C1C(=O)O. The van der Waals surface area contributed by atoms with Gasteiger partial charge in [-0.1, -0.05) is 20.8 Å². The summed E-state index contributed by atoms with van der Waals surface area (Å²) >= 11 is 0. The van der Waals surface area contributed by atoms with Crippen molar-refractivity contribution in [2.45, 2.75) is 52.5 Å². The van der Waals surface area contributed by atoms with Gasteiger partial charge in [-0.2, -0.15) is 0 Å². The van der Waals surface area contributed by atoms with Crippen LogP contribution in [-0.4, -0.2) is 52.6 Å². The molecule has 5 nitrogen and oxygen atoms in total. The van der Waals surface area contributed by atoms with Gasteiger partial charge in [0.05, 0.1) is 0 Å². The Morgan fingerprint density at radius 2 is 1.75 bits per heavy atom. The number of carboxylic acid groups (broad SMARTS) is 1. The first-order chi connectivity index (χ1) is 9.32. The van der Waals surface area contributed by atoms with Crippen LogP contribution < -0.4 is 0 Å². The van der Waals surface area contributed by atoms with Crippen molar-refractivity contribution in [2.75, 3.05) is 19.6 Å². The van der Waals surface area contributed by atoms with Crippen LogP contribution in [0.2, 0.25) is 0 Å². The quantitative estimate of drug-likeness (QED) is 0.803.